The second-order valence-electron chi connectivity index (χ2n) is 8.45. The number of ether oxygens (including phenoxy) is 2. The van der Waals surface area contributed by atoms with Gasteiger partial charge in [0.15, 0.2) is 10.6 Å². The van der Waals surface area contributed by atoms with E-state index in [4.69, 9.17) is 21.7 Å². The molecule has 3 aromatic rings. The van der Waals surface area contributed by atoms with Crippen LogP contribution in [0.25, 0.3) is 11.4 Å². The van der Waals surface area contributed by atoms with Crippen LogP contribution in [0.1, 0.15) is 25.8 Å². The number of morpholine rings is 1. The average molecular weight is 483 g/mol. The van der Waals surface area contributed by atoms with Crippen molar-refractivity contribution in [2.75, 3.05) is 25.1 Å². The summed E-state index contributed by atoms with van der Waals surface area (Å²) in [5.74, 6) is 2.31. The van der Waals surface area contributed by atoms with Gasteiger partial charge in [0.25, 0.3) is 0 Å². The SMILES string of the molecule is COc1ccc(-c2n[nH]c(=S)n2CCC(=O)NCc2ccc(N3CC(C)OC(C)C3)nc2)cc1. The molecule has 0 saturated carbocycles. The third kappa shape index (κ3) is 5.81. The Balaban J connectivity index is 1.30. The second kappa shape index (κ2) is 10.8. The lowest BCUT2D eigenvalue weighted by molar-refractivity contribution is -0.121. The molecule has 4 rings (SSSR count). The number of methoxy groups -OCH3 is 1. The van der Waals surface area contributed by atoms with E-state index < -0.39 is 0 Å². The zero-order valence-electron chi connectivity index (χ0n) is 19.7. The number of benzene rings is 1. The zero-order valence-corrected chi connectivity index (χ0v) is 20.5. The van der Waals surface area contributed by atoms with E-state index in [9.17, 15) is 4.79 Å². The van der Waals surface area contributed by atoms with E-state index in [0.717, 1.165) is 35.8 Å². The number of H-pyrrole nitrogens is 1. The third-order valence-corrected chi connectivity index (χ3v) is 6.02. The number of anilines is 1. The molecule has 3 heterocycles. The van der Waals surface area contributed by atoms with Crippen molar-refractivity contribution in [2.45, 2.75) is 45.6 Å². The molecule has 0 spiro atoms. The molecule has 0 aliphatic carbocycles. The number of aromatic nitrogens is 4. The lowest BCUT2D eigenvalue weighted by atomic mass is 10.2. The molecular weight excluding hydrogens is 452 g/mol. The molecule has 1 aliphatic heterocycles. The van der Waals surface area contributed by atoms with Gasteiger partial charge in [-0.25, -0.2) is 4.98 Å². The van der Waals surface area contributed by atoms with Crippen molar-refractivity contribution < 1.29 is 14.3 Å². The van der Waals surface area contributed by atoms with E-state index in [-0.39, 0.29) is 24.5 Å². The number of aromatic amines is 1. The van der Waals surface area contributed by atoms with Crippen LogP contribution >= 0.6 is 12.2 Å². The molecule has 180 valence electrons. The molecule has 1 aliphatic rings. The summed E-state index contributed by atoms with van der Waals surface area (Å²) < 4.78 is 13.3. The lowest BCUT2D eigenvalue weighted by Gasteiger charge is -2.36. The highest BCUT2D eigenvalue weighted by atomic mass is 32.1. The van der Waals surface area contributed by atoms with Crippen molar-refractivity contribution in [1.82, 2.24) is 25.1 Å². The van der Waals surface area contributed by atoms with Gasteiger partial charge < -0.3 is 19.7 Å². The summed E-state index contributed by atoms with van der Waals surface area (Å²) in [6, 6.07) is 11.6. The maximum Gasteiger partial charge on any atom is 0.222 e. The Morgan fingerprint density at radius 1 is 1.21 bits per heavy atom. The first-order chi connectivity index (χ1) is 16.4. The number of amides is 1. The Labute approximate surface area is 204 Å². The van der Waals surface area contributed by atoms with E-state index in [2.05, 4.69) is 39.2 Å². The van der Waals surface area contributed by atoms with Gasteiger partial charge in [0.2, 0.25) is 5.91 Å². The number of hydrogen-bond acceptors (Lipinski definition) is 7. The fourth-order valence-electron chi connectivity index (χ4n) is 4.06. The van der Waals surface area contributed by atoms with E-state index in [1.165, 1.54) is 0 Å². The minimum Gasteiger partial charge on any atom is -0.497 e. The fraction of sp³-hybridized carbons (Fsp3) is 0.417. The highest BCUT2D eigenvalue weighted by Crippen LogP contribution is 2.21. The predicted molar refractivity (Wildman–Crippen MR) is 132 cm³/mol. The van der Waals surface area contributed by atoms with Gasteiger partial charge in [0.1, 0.15) is 11.6 Å². The third-order valence-electron chi connectivity index (χ3n) is 5.71. The van der Waals surface area contributed by atoms with Gasteiger partial charge in [0.05, 0.1) is 19.3 Å². The summed E-state index contributed by atoms with van der Waals surface area (Å²) >= 11 is 5.36. The van der Waals surface area contributed by atoms with E-state index >= 15 is 0 Å². The lowest BCUT2D eigenvalue weighted by Crippen LogP contribution is -2.45. The largest absolute Gasteiger partial charge is 0.497 e. The maximum absolute atomic E-state index is 12.5. The highest BCUT2D eigenvalue weighted by molar-refractivity contribution is 7.71. The number of carbonyl (C=O) groups excluding carboxylic acids is 1. The topological polar surface area (TPSA) is 97.3 Å². The summed E-state index contributed by atoms with van der Waals surface area (Å²) in [6.07, 6.45) is 2.46. The standard InChI is InChI=1S/C24H30N6O3S/c1-16-14-29(15-17(2)33-16)21-9-4-18(12-25-21)13-26-22(31)10-11-30-23(27-28-24(30)34)19-5-7-20(32-3)8-6-19/h4-9,12,16-17H,10-11,13-15H2,1-3H3,(H,26,31)(H,28,34). The van der Waals surface area contributed by atoms with Crippen LogP contribution in [-0.4, -0.2) is 58.1 Å². The first-order valence-corrected chi connectivity index (χ1v) is 11.8. The normalized spacial score (nSPS) is 18.0. The van der Waals surface area contributed by atoms with Gasteiger partial charge in [-0.1, -0.05) is 6.07 Å². The molecular formula is C24H30N6O3S. The fourth-order valence-corrected chi connectivity index (χ4v) is 4.28. The molecule has 2 atom stereocenters. The molecule has 10 heteroatoms. The summed E-state index contributed by atoms with van der Waals surface area (Å²) in [7, 11) is 1.62. The molecule has 0 radical (unpaired) electrons. The molecule has 1 saturated heterocycles. The smallest absolute Gasteiger partial charge is 0.222 e. The van der Waals surface area contributed by atoms with Gasteiger partial charge in [0, 0.05) is 44.4 Å². The number of nitrogens with one attached hydrogen (secondary N) is 2. The van der Waals surface area contributed by atoms with E-state index in [0.29, 0.717) is 23.7 Å². The molecule has 2 N–H and O–H groups in total. The highest BCUT2D eigenvalue weighted by Gasteiger charge is 2.23. The number of nitrogens with zero attached hydrogens (tertiary/aromatic N) is 4. The van der Waals surface area contributed by atoms with Crippen LogP contribution in [0.4, 0.5) is 5.82 Å². The monoisotopic (exact) mass is 482 g/mol. The number of pyridine rings is 1. The van der Waals surface area contributed by atoms with E-state index in [1.807, 2.05) is 47.2 Å². The molecule has 9 nitrogen and oxygen atoms in total. The van der Waals surface area contributed by atoms with Crippen molar-refractivity contribution in [2.24, 2.45) is 0 Å². The Kier molecular flexibility index (Phi) is 7.59. The summed E-state index contributed by atoms with van der Waals surface area (Å²) in [6.45, 7) is 6.63. The summed E-state index contributed by atoms with van der Waals surface area (Å²) in [5.41, 5.74) is 1.84. The maximum atomic E-state index is 12.5. The summed E-state index contributed by atoms with van der Waals surface area (Å²) in [4.78, 5) is 19.3. The first kappa shape index (κ1) is 23.9. The van der Waals surface area contributed by atoms with Crippen LogP contribution in [0.5, 0.6) is 5.75 Å². The molecule has 2 aromatic heterocycles. The zero-order chi connectivity index (χ0) is 24.1. The predicted octanol–water partition coefficient (Wildman–Crippen LogP) is 3.33. The van der Waals surface area contributed by atoms with Gasteiger partial charge >= 0.3 is 0 Å². The van der Waals surface area contributed by atoms with Crippen LogP contribution in [-0.2, 0) is 22.6 Å². The van der Waals surface area contributed by atoms with Crippen LogP contribution in [0, 0.1) is 4.77 Å². The van der Waals surface area contributed by atoms with Crippen molar-refractivity contribution in [1.29, 1.82) is 0 Å². The second-order valence-corrected chi connectivity index (χ2v) is 8.83. The minimum atomic E-state index is -0.0660. The number of carbonyl (C=O) groups is 1. The molecule has 1 fully saturated rings. The van der Waals surface area contributed by atoms with Crippen LogP contribution in [0.2, 0.25) is 0 Å². The number of rotatable bonds is 8. The quantitative estimate of drug-likeness (QED) is 0.475. The van der Waals surface area contributed by atoms with Crippen molar-refractivity contribution in [3.63, 3.8) is 0 Å². The molecule has 0 bridgehead atoms. The van der Waals surface area contributed by atoms with Gasteiger partial charge in [-0.05, 0) is 62.0 Å². The Hall–Kier alpha value is -3.24. The number of hydrogen-bond donors (Lipinski definition) is 2. The molecule has 1 aromatic carbocycles. The van der Waals surface area contributed by atoms with Gasteiger partial charge in [-0.15, -0.1) is 0 Å². The van der Waals surface area contributed by atoms with Gasteiger partial charge in [-0.2, -0.15) is 5.10 Å². The Morgan fingerprint density at radius 2 is 1.94 bits per heavy atom. The molecule has 34 heavy (non-hydrogen) atoms. The van der Waals surface area contributed by atoms with Gasteiger partial charge in [-0.3, -0.25) is 14.5 Å². The van der Waals surface area contributed by atoms with Crippen molar-refractivity contribution >= 4 is 23.9 Å². The molecule has 1 amide bonds. The van der Waals surface area contributed by atoms with Crippen LogP contribution in [0.3, 0.4) is 0 Å². The summed E-state index contributed by atoms with van der Waals surface area (Å²) in [5, 5.41) is 10.1. The molecule has 2 unspecified atom stereocenters. The Bertz CT molecular complexity index is 1150. The van der Waals surface area contributed by atoms with E-state index in [1.54, 1.807) is 7.11 Å². The van der Waals surface area contributed by atoms with Crippen LogP contribution in [0.15, 0.2) is 42.6 Å². The minimum absolute atomic E-state index is 0.0660. The average Bonchev–Trinajstić information content (AvgIpc) is 3.21. The first-order valence-electron chi connectivity index (χ1n) is 11.3. The van der Waals surface area contributed by atoms with Crippen molar-refractivity contribution in [3.05, 3.63) is 52.9 Å². The Morgan fingerprint density at radius 3 is 2.59 bits per heavy atom. The van der Waals surface area contributed by atoms with Crippen LogP contribution < -0.4 is 15.0 Å². The van der Waals surface area contributed by atoms with Crippen molar-refractivity contribution in [3.8, 4) is 17.1 Å².